The van der Waals surface area contributed by atoms with Crippen LogP contribution in [0.4, 0.5) is 22.7 Å². The van der Waals surface area contributed by atoms with Crippen molar-refractivity contribution in [3.05, 3.63) is 242 Å². The number of ether oxygens (including phenoxy) is 1. The number of anilines is 4. The molecule has 0 saturated carbocycles. The minimum Gasteiger partial charge on any atom is -0.439 e. The molecule has 76 heavy (non-hydrogen) atoms. The zero-order valence-electron chi connectivity index (χ0n) is 42.3. The number of aromatic nitrogens is 4. The molecular weight excluding hydrogens is 929 g/mol. The number of para-hydroxylation sites is 5. The van der Waals surface area contributed by atoms with E-state index in [1.54, 1.807) is 0 Å². The Morgan fingerprint density at radius 3 is 1.86 bits per heavy atom. The Balaban J connectivity index is 0.880. The summed E-state index contributed by atoms with van der Waals surface area (Å²) in [5.74, 6) is 2.03. The number of fused-ring (bicyclic) bond motifs is 13. The van der Waals surface area contributed by atoms with Crippen molar-refractivity contribution in [2.45, 2.75) is 26.2 Å². The minimum atomic E-state index is -0.0909. The standard InChI is InChI=1S/C69H50N6O/c1-69(2,3)46-36-38-70-63(40-46)74-60-34-35-61-65(53-24-11-10-22-51(53)54-27-17-28-55-52-23-12-13-29-57(52)75(61)68(54)55)66(60)56-33-32-48(42-62(56)74)76-64-41-47(37-39-71-64)72-43-73(59-31-15-14-30-58(59)72)67-49(44-18-6-4-7-19-44)25-16-26-50(67)45-20-8-5-9-21-45/h4-42H,43H2,1-3H3. The largest absolute Gasteiger partial charge is 0.439 e. The van der Waals surface area contributed by atoms with E-state index in [2.05, 4.69) is 264 Å². The lowest BCUT2D eigenvalue weighted by Crippen LogP contribution is -2.25. The second-order valence-corrected chi connectivity index (χ2v) is 21.0. The molecule has 6 heterocycles. The summed E-state index contributed by atoms with van der Waals surface area (Å²) in [7, 11) is 0. The van der Waals surface area contributed by atoms with Gasteiger partial charge in [0.25, 0.3) is 0 Å². The molecule has 9 aromatic carbocycles. The van der Waals surface area contributed by atoms with Gasteiger partial charge in [0.05, 0.1) is 44.8 Å². The fourth-order valence-electron chi connectivity index (χ4n) is 12.2. The van der Waals surface area contributed by atoms with Gasteiger partial charge in [-0.25, -0.2) is 9.97 Å². The fourth-order valence-corrected chi connectivity index (χ4v) is 12.2. The van der Waals surface area contributed by atoms with E-state index in [9.17, 15) is 0 Å². The molecule has 4 aromatic heterocycles. The van der Waals surface area contributed by atoms with Crippen LogP contribution in [0.1, 0.15) is 26.3 Å². The molecule has 13 aromatic rings. The first-order valence-electron chi connectivity index (χ1n) is 26.1. The fraction of sp³-hybridized carbons (Fsp3) is 0.0725. The summed E-state index contributed by atoms with van der Waals surface area (Å²) < 4.78 is 11.7. The zero-order chi connectivity index (χ0) is 50.6. The Labute approximate surface area is 440 Å². The highest BCUT2D eigenvalue weighted by Gasteiger charge is 2.33. The average molecular weight is 979 g/mol. The van der Waals surface area contributed by atoms with Gasteiger partial charge in [-0.05, 0) is 93.9 Å². The number of pyridine rings is 2. The van der Waals surface area contributed by atoms with Crippen LogP contribution in [0.2, 0.25) is 0 Å². The van der Waals surface area contributed by atoms with Crippen LogP contribution < -0.4 is 14.5 Å². The van der Waals surface area contributed by atoms with Gasteiger partial charge in [-0.2, -0.15) is 0 Å². The Morgan fingerprint density at radius 1 is 0.434 bits per heavy atom. The van der Waals surface area contributed by atoms with E-state index in [4.69, 9.17) is 14.7 Å². The maximum absolute atomic E-state index is 6.92. The molecule has 0 spiro atoms. The van der Waals surface area contributed by atoms with Crippen LogP contribution in [0.15, 0.2) is 237 Å². The molecular formula is C69H50N6O. The number of nitrogens with zero attached hydrogens (tertiary/aromatic N) is 6. The summed E-state index contributed by atoms with van der Waals surface area (Å²) in [6, 6.07) is 80.8. The summed E-state index contributed by atoms with van der Waals surface area (Å²) in [5.41, 5.74) is 20.6. The molecule has 15 rings (SSSR count). The van der Waals surface area contributed by atoms with Crippen molar-refractivity contribution in [2.24, 2.45) is 0 Å². The number of rotatable bonds is 7. The van der Waals surface area contributed by atoms with Crippen LogP contribution in [0.3, 0.4) is 0 Å². The van der Waals surface area contributed by atoms with Gasteiger partial charge in [0.1, 0.15) is 18.2 Å². The summed E-state index contributed by atoms with van der Waals surface area (Å²) in [5, 5.41) is 4.76. The highest BCUT2D eigenvalue weighted by molar-refractivity contribution is 6.23. The van der Waals surface area contributed by atoms with E-state index in [0.29, 0.717) is 18.3 Å². The Kier molecular flexibility index (Phi) is 9.75. The second-order valence-electron chi connectivity index (χ2n) is 21.0. The third kappa shape index (κ3) is 6.75. The van der Waals surface area contributed by atoms with Gasteiger partial charge in [0, 0.05) is 74.0 Å². The van der Waals surface area contributed by atoms with E-state index in [1.807, 2.05) is 12.4 Å². The lowest BCUT2D eigenvalue weighted by molar-refractivity contribution is 0.463. The van der Waals surface area contributed by atoms with Crippen molar-refractivity contribution in [1.82, 2.24) is 19.1 Å². The van der Waals surface area contributed by atoms with Crippen LogP contribution in [0, 0.1) is 0 Å². The summed E-state index contributed by atoms with van der Waals surface area (Å²) in [6.45, 7) is 7.35. The van der Waals surface area contributed by atoms with E-state index in [0.717, 1.165) is 56.1 Å². The number of hydrogen-bond donors (Lipinski definition) is 0. The van der Waals surface area contributed by atoms with Crippen molar-refractivity contribution in [3.8, 4) is 67.6 Å². The number of hydrogen-bond acceptors (Lipinski definition) is 5. The lowest BCUT2D eigenvalue weighted by atomic mass is 9.88. The van der Waals surface area contributed by atoms with Crippen molar-refractivity contribution in [3.63, 3.8) is 0 Å². The highest BCUT2D eigenvalue weighted by atomic mass is 16.5. The molecule has 0 N–H and O–H groups in total. The first-order chi connectivity index (χ1) is 37.4. The predicted molar refractivity (Wildman–Crippen MR) is 313 cm³/mol. The molecule has 0 aliphatic carbocycles. The summed E-state index contributed by atoms with van der Waals surface area (Å²) in [6.07, 6.45) is 3.80. The molecule has 7 heteroatoms. The van der Waals surface area contributed by atoms with E-state index in [-0.39, 0.29) is 5.41 Å². The van der Waals surface area contributed by atoms with Gasteiger partial charge < -0.3 is 19.1 Å². The molecule has 0 radical (unpaired) electrons. The summed E-state index contributed by atoms with van der Waals surface area (Å²) >= 11 is 0. The monoisotopic (exact) mass is 978 g/mol. The van der Waals surface area contributed by atoms with Crippen LogP contribution in [0.5, 0.6) is 11.6 Å². The smallest absolute Gasteiger partial charge is 0.221 e. The highest BCUT2D eigenvalue weighted by Crippen LogP contribution is 2.53. The first kappa shape index (κ1) is 43.8. The van der Waals surface area contributed by atoms with Gasteiger partial charge in [-0.3, -0.25) is 4.57 Å². The Morgan fingerprint density at radius 2 is 1.08 bits per heavy atom. The zero-order valence-corrected chi connectivity index (χ0v) is 42.3. The number of benzene rings is 9. The van der Waals surface area contributed by atoms with Crippen LogP contribution in [-0.2, 0) is 5.41 Å². The van der Waals surface area contributed by atoms with Crippen LogP contribution in [0.25, 0.3) is 99.6 Å². The maximum atomic E-state index is 6.92. The third-order valence-electron chi connectivity index (χ3n) is 15.6. The topological polar surface area (TPSA) is 51.4 Å². The Bertz CT molecular complexity index is 4410. The molecule has 0 amide bonds. The van der Waals surface area contributed by atoms with E-state index < -0.39 is 0 Å². The molecule has 7 nitrogen and oxygen atoms in total. The predicted octanol–water partition coefficient (Wildman–Crippen LogP) is 18.0. The molecule has 362 valence electrons. The van der Waals surface area contributed by atoms with Gasteiger partial charge in [0.2, 0.25) is 5.88 Å². The van der Waals surface area contributed by atoms with Gasteiger partial charge in [-0.15, -0.1) is 0 Å². The molecule has 0 atom stereocenters. The molecule has 0 bridgehead atoms. The molecule has 0 unspecified atom stereocenters. The minimum absolute atomic E-state index is 0.0909. The second kappa shape index (κ2) is 16.9. The van der Waals surface area contributed by atoms with E-state index >= 15 is 0 Å². The van der Waals surface area contributed by atoms with Gasteiger partial charge in [0.15, 0.2) is 0 Å². The van der Waals surface area contributed by atoms with Gasteiger partial charge >= 0.3 is 0 Å². The average Bonchev–Trinajstić information content (AvgIpc) is 4.32. The Hall–Kier alpha value is -9.72. The quantitative estimate of drug-likeness (QED) is 0.159. The van der Waals surface area contributed by atoms with Gasteiger partial charge in [-0.1, -0.05) is 172 Å². The van der Waals surface area contributed by atoms with Crippen LogP contribution in [-0.4, -0.2) is 25.8 Å². The van der Waals surface area contributed by atoms with Crippen molar-refractivity contribution >= 4 is 66.4 Å². The summed E-state index contributed by atoms with van der Waals surface area (Å²) in [4.78, 5) is 14.8. The molecule has 0 saturated heterocycles. The maximum Gasteiger partial charge on any atom is 0.221 e. The van der Waals surface area contributed by atoms with Crippen LogP contribution >= 0.6 is 0 Å². The molecule has 0 fully saturated rings. The molecule has 2 aliphatic heterocycles. The molecule has 2 aliphatic rings. The normalized spacial score (nSPS) is 12.8. The van der Waals surface area contributed by atoms with Crippen molar-refractivity contribution in [2.75, 3.05) is 16.5 Å². The third-order valence-corrected chi connectivity index (χ3v) is 15.6. The van der Waals surface area contributed by atoms with E-state index in [1.165, 1.54) is 71.9 Å². The van der Waals surface area contributed by atoms with Crippen molar-refractivity contribution in [1.29, 1.82) is 0 Å². The lowest BCUT2D eigenvalue weighted by Gasteiger charge is -2.27. The first-order valence-corrected chi connectivity index (χ1v) is 26.1. The van der Waals surface area contributed by atoms with Crippen molar-refractivity contribution < 1.29 is 4.74 Å². The SMILES string of the molecule is CC(C)(C)c1ccnc(-n2c3cc(Oc4cc(N5CN(c6c(-c7ccccc7)cccc6-c6ccccc6)c6ccccc65)ccn4)ccc3c3c4c(ccc32)-n2c3ccccc3c3cccc(c32)-c2ccccc2-4)c1.